The summed E-state index contributed by atoms with van der Waals surface area (Å²) in [7, 11) is -3.21. The second-order valence-electron chi connectivity index (χ2n) is 8.79. The molecule has 9 nitrogen and oxygen atoms in total. The highest BCUT2D eigenvalue weighted by molar-refractivity contribution is 7.88. The predicted molar refractivity (Wildman–Crippen MR) is 131 cm³/mol. The van der Waals surface area contributed by atoms with E-state index in [0.717, 1.165) is 36.1 Å². The monoisotopic (exact) mass is 488 g/mol. The largest absolute Gasteiger partial charge is 0.365 e. The molecule has 1 atom stereocenters. The molecule has 2 aromatic heterocycles. The Morgan fingerprint density at radius 2 is 1.94 bits per heavy atom. The van der Waals surface area contributed by atoms with Crippen molar-refractivity contribution in [3.63, 3.8) is 0 Å². The molecular formula is C22H28N6O3S2. The Hall–Kier alpha value is -2.34. The van der Waals surface area contributed by atoms with Gasteiger partial charge in [0.15, 0.2) is 0 Å². The number of H-pyrrole nitrogens is 1. The van der Waals surface area contributed by atoms with Gasteiger partial charge in [-0.25, -0.2) is 22.7 Å². The van der Waals surface area contributed by atoms with Gasteiger partial charge in [0.05, 0.1) is 16.5 Å². The van der Waals surface area contributed by atoms with Crippen LogP contribution in [0.2, 0.25) is 0 Å². The molecule has 0 saturated carbocycles. The number of hydrogen-bond acceptors (Lipinski definition) is 8. The minimum atomic E-state index is -3.21. The number of sulfonamides is 1. The van der Waals surface area contributed by atoms with Gasteiger partial charge in [-0.1, -0.05) is 12.1 Å². The summed E-state index contributed by atoms with van der Waals surface area (Å²) in [4.78, 5) is 25.9. The molecule has 176 valence electrons. The number of nitrogens with zero attached hydrogens (tertiary/aromatic N) is 3. The molecule has 0 bridgehead atoms. The van der Waals surface area contributed by atoms with Crippen LogP contribution in [0.25, 0.3) is 20.8 Å². The number of anilines is 1. The zero-order chi connectivity index (χ0) is 23.0. The molecule has 2 saturated heterocycles. The van der Waals surface area contributed by atoms with Crippen molar-refractivity contribution in [1.29, 1.82) is 0 Å². The van der Waals surface area contributed by atoms with Crippen LogP contribution in [0.3, 0.4) is 0 Å². The molecule has 3 aromatic rings. The third kappa shape index (κ3) is 4.81. The smallest absolute Gasteiger partial charge is 0.263 e. The van der Waals surface area contributed by atoms with E-state index in [2.05, 4.69) is 15.6 Å². The fraction of sp³-hybridized carbons (Fsp3) is 0.500. The van der Waals surface area contributed by atoms with Crippen molar-refractivity contribution in [3.05, 3.63) is 40.4 Å². The van der Waals surface area contributed by atoms with Crippen LogP contribution in [0.15, 0.2) is 29.1 Å². The first-order valence-electron chi connectivity index (χ1n) is 11.3. The summed E-state index contributed by atoms with van der Waals surface area (Å²) < 4.78 is 26.2. The summed E-state index contributed by atoms with van der Waals surface area (Å²) in [6.45, 7) is 2.68. The van der Waals surface area contributed by atoms with Gasteiger partial charge >= 0.3 is 0 Å². The lowest BCUT2D eigenvalue weighted by atomic mass is 9.97. The summed E-state index contributed by atoms with van der Waals surface area (Å²) in [5.41, 5.74) is 1.12. The van der Waals surface area contributed by atoms with Crippen LogP contribution in [-0.2, 0) is 10.0 Å². The first-order chi connectivity index (χ1) is 15.9. The molecule has 0 spiro atoms. The average molecular weight is 489 g/mol. The highest BCUT2D eigenvalue weighted by Crippen LogP contribution is 2.34. The number of para-hydroxylation sites is 1. The number of piperidine rings is 2. The van der Waals surface area contributed by atoms with Crippen LogP contribution in [0.5, 0.6) is 0 Å². The van der Waals surface area contributed by atoms with Crippen molar-refractivity contribution in [2.24, 2.45) is 0 Å². The van der Waals surface area contributed by atoms with E-state index in [1.165, 1.54) is 21.9 Å². The third-order valence-electron chi connectivity index (χ3n) is 6.39. The third-order valence-corrected chi connectivity index (χ3v) is 8.75. The molecule has 1 aromatic carbocycles. The Balaban J connectivity index is 1.51. The molecule has 0 aliphatic carbocycles. The van der Waals surface area contributed by atoms with Crippen LogP contribution in [0.4, 0.5) is 5.82 Å². The highest BCUT2D eigenvalue weighted by Gasteiger charge is 2.29. The number of nitrogens with one attached hydrogen (secondary N) is 3. The normalized spacial score (nSPS) is 20.8. The number of rotatable bonds is 5. The number of aromatic nitrogens is 3. The Labute approximate surface area is 196 Å². The molecular weight excluding hydrogens is 460 g/mol. The summed E-state index contributed by atoms with van der Waals surface area (Å²) in [5.74, 6) is 1.18. The number of benzene rings is 1. The molecule has 4 heterocycles. The summed E-state index contributed by atoms with van der Waals surface area (Å²) in [6, 6.07) is 8.03. The van der Waals surface area contributed by atoms with E-state index in [1.807, 2.05) is 24.3 Å². The van der Waals surface area contributed by atoms with Crippen molar-refractivity contribution in [2.45, 2.75) is 37.6 Å². The van der Waals surface area contributed by atoms with E-state index >= 15 is 0 Å². The van der Waals surface area contributed by atoms with Gasteiger partial charge in [0, 0.05) is 31.6 Å². The van der Waals surface area contributed by atoms with E-state index in [9.17, 15) is 13.2 Å². The maximum absolute atomic E-state index is 13.4. The number of thiazole rings is 1. The summed E-state index contributed by atoms with van der Waals surface area (Å²) in [5, 5.41) is 7.56. The van der Waals surface area contributed by atoms with Crippen LogP contribution in [-0.4, -0.2) is 66.2 Å². The standard InChI is InChI=1S/C22H28N6O3S2/c1-33(30,31)28-11-8-14(9-12-28)19-26-20(24-15-5-4-10-23-13-15)18(21(29)27-19)22-25-16-6-2-3-7-17(16)32-22/h2-3,6-7,14-15,23H,4-5,8-13H2,1H3,(H2,24,26,27,29). The van der Waals surface area contributed by atoms with E-state index in [-0.39, 0.29) is 17.5 Å². The molecule has 33 heavy (non-hydrogen) atoms. The van der Waals surface area contributed by atoms with Crippen molar-refractivity contribution < 1.29 is 8.42 Å². The van der Waals surface area contributed by atoms with Crippen molar-refractivity contribution in [1.82, 2.24) is 24.6 Å². The van der Waals surface area contributed by atoms with Crippen LogP contribution in [0, 0.1) is 0 Å². The minimum Gasteiger partial charge on any atom is -0.365 e. The van der Waals surface area contributed by atoms with Gasteiger partial charge in [0.2, 0.25) is 10.0 Å². The molecule has 2 aliphatic rings. The lowest BCUT2D eigenvalue weighted by molar-refractivity contribution is 0.315. The molecule has 2 fully saturated rings. The van der Waals surface area contributed by atoms with Crippen LogP contribution < -0.4 is 16.2 Å². The van der Waals surface area contributed by atoms with Gasteiger partial charge in [-0.05, 0) is 44.4 Å². The van der Waals surface area contributed by atoms with Gasteiger partial charge in [-0.15, -0.1) is 11.3 Å². The Morgan fingerprint density at radius 3 is 2.64 bits per heavy atom. The van der Waals surface area contributed by atoms with Crippen molar-refractivity contribution >= 4 is 37.4 Å². The maximum atomic E-state index is 13.4. The first kappa shape index (κ1) is 22.5. The van der Waals surface area contributed by atoms with Gasteiger partial charge in [-0.3, -0.25) is 4.79 Å². The number of hydrogen-bond donors (Lipinski definition) is 3. The second kappa shape index (κ2) is 9.13. The van der Waals surface area contributed by atoms with E-state index in [4.69, 9.17) is 9.97 Å². The van der Waals surface area contributed by atoms with Crippen LogP contribution in [0.1, 0.15) is 37.4 Å². The first-order valence-corrected chi connectivity index (χ1v) is 14.0. The highest BCUT2D eigenvalue weighted by atomic mass is 32.2. The average Bonchev–Trinajstić information content (AvgIpc) is 3.22. The fourth-order valence-electron chi connectivity index (χ4n) is 4.60. The maximum Gasteiger partial charge on any atom is 0.263 e. The summed E-state index contributed by atoms with van der Waals surface area (Å²) in [6.07, 6.45) is 4.55. The van der Waals surface area contributed by atoms with Crippen LogP contribution >= 0.6 is 11.3 Å². The fourth-order valence-corrected chi connectivity index (χ4v) is 6.48. The van der Waals surface area contributed by atoms with Gasteiger partial charge in [0.25, 0.3) is 5.56 Å². The Kier molecular flexibility index (Phi) is 6.21. The van der Waals surface area contributed by atoms with E-state index < -0.39 is 10.0 Å². The molecule has 2 aliphatic heterocycles. The molecule has 0 amide bonds. The summed E-state index contributed by atoms with van der Waals surface area (Å²) >= 11 is 1.49. The van der Waals surface area contributed by atoms with E-state index in [1.54, 1.807) is 0 Å². The molecule has 1 unspecified atom stereocenters. The second-order valence-corrected chi connectivity index (χ2v) is 11.8. The predicted octanol–water partition coefficient (Wildman–Crippen LogP) is 2.35. The number of aromatic amines is 1. The molecule has 11 heteroatoms. The Morgan fingerprint density at radius 1 is 1.15 bits per heavy atom. The Bertz CT molecular complexity index is 1270. The van der Waals surface area contributed by atoms with Gasteiger partial charge in [0.1, 0.15) is 22.2 Å². The zero-order valence-corrected chi connectivity index (χ0v) is 20.1. The molecule has 3 N–H and O–H groups in total. The minimum absolute atomic E-state index is 0.00477. The van der Waals surface area contributed by atoms with Gasteiger partial charge < -0.3 is 15.6 Å². The van der Waals surface area contributed by atoms with Crippen molar-refractivity contribution in [2.75, 3.05) is 37.8 Å². The quantitative estimate of drug-likeness (QED) is 0.504. The number of fused-ring (bicyclic) bond motifs is 1. The molecule has 0 radical (unpaired) electrons. The van der Waals surface area contributed by atoms with Crippen molar-refractivity contribution in [3.8, 4) is 10.6 Å². The van der Waals surface area contributed by atoms with Gasteiger partial charge in [-0.2, -0.15) is 0 Å². The molecule has 5 rings (SSSR count). The topological polar surface area (TPSA) is 120 Å². The van der Waals surface area contributed by atoms with E-state index in [0.29, 0.717) is 48.1 Å². The lowest BCUT2D eigenvalue weighted by Crippen LogP contribution is -2.39. The zero-order valence-electron chi connectivity index (χ0n) is 18.5. The SMILES string of the molecule is CS(=O)(=O)N1CCC(c2nc(NC3CCCNC3)c(-c3nc4ccccc4s3)c(=O)[nH]2)CC1. The lowest BCUT2D eigenvalue weighted by Gasteiger charge is -2.30.